The van der Waals surface area contributed by atoms with Crippen molar-refractivity contribution in [3.8, 4) is 0 Å². The van der Waals surface area contributed by atoms with E-state index in [-0.39, 0.29) is 0 Å². The van der Waals surface area contributed by atoms with Gasteiger partial charge in [0.25, 0.3) is 0 Å². The molecule has 0 saturated heterocycles. The number of aliphatic carboxylic acids is 1. The smallest absolute Gasteiger partial charge is 0.475 e. The van der Waals surface area contributed by atoms with Crippen LogP contribution >= 0.6 is 19.4 Å². The van der Waals surface area contributed by atoms with Gasteiger partial charge in [0.15, 0.2) is 0 Å². The Morgan fingerprint density at radius 2 is 2.00 bits per heavy atom. The van der Waals surface area contributed by atoms with Crippen LogP contribution in [0.2, 0.25) is 0 Å². The van der Waals surface area contributed by atoms with Crippen molar-refractivity contribution in [2.24, 2.45) is 0 Å². The van der Waals surface area contributed by atoms with E-state index in [1.807, 2.05) is 0 Å². The van der Waals surface area contributed by atoms with E-state index < -0.39 is 19.6 Å². The summed E-state index contributed by atoms with van der Waals surface area (Å²) in [5.74, 6) is -2.65. The lowest BCUT2D eigenvalue weighted by molar-refractivity contribution is -0.135. The third-order valence-corrected chi connectivity index (χ3v) is 1.16. The molecule has 0 aliphatic heterocycles. The molecule has 3 N–H and O–H groups in total. The first kappa shape index (κ1) is 10.4. The first-order valence-corrected chi connectivity index (χ1v) is 4.12. The van der Waals surface area contributed by atoms with E-state index in [9.17, 15) is 9.36 Å². The van der Waals surface area contributed by atoms with Gasteiger partial charge >= 0.3 is 13.8 Å². The molecule has 0 aliphatic carbocycles. The van der Waals surface area contributed by atoms with Gasteiger partial charge in [0.1, 0.15) is 0 Å². The van der Waals surface area contributed by atoms with Gasteiger partial charge in [0.2, 0.25) is 5.76 Å². The van der Waals surface area contributed by atoms with Gasteiger partial charge < -0.3 is 9.63 Å². The molecule has 0 rings (SSSR count). The summed E-state index contributed by atoms with van der Waals surface area (Å²) in [6.45, 7) is 0. The van der Waals surface area contributed by atoms with Crippen molar-refractivity contribution in [2.45, 2.75) is 0 Å². The van der Waals surface area contributed by atoms with E-state index in [0.717, 1.165) is 0 Å². The highest BCUT2D eigenvalue weighted by Crippen LogP contribution is 2.38. The molecule has 8 heteroatoms. The second kappa shape index (κ2) is 3.73. The van der Waals surface area contributed by atoms with Crippen molar-refractivity contribution in [2.75, 3.05) is 0 Å². The van der Waals surface area contributed by atoms with E-state index in [2.05, 4.69) is 4.52 Å². The van der Waals surface area contributed by atoms with Crippen molar-refractivity contribution in [1.82, 2.24) is 0 Å². The number of carboxylic acids is 1. The van der Waals surface area contributed by atoms with E-state index in [1.165, 1.54) is 0 Å². The summed E-state index contributed by atoms with van der Waals surface area (Å²) in [6.07, 6.45) is 0. The molecule has 0 atom stereocenters. The van der Waals surface area contributed by atoms with Gasteiger partial charge in [-0.1, -0.05) is 11.6 Å². The first-order chi connectivity index (χ1) is 4.87. The molecule has 0 saturated carbocycles. The van der Waals surface area contributed by atoms with E-state index in [0.29, 0.717) is 5.54 Å². The molecule has 0 aromatic carbocycles. The molecule has 0 aliphatic rings. The lowest BCUT2D eigenvalue weighted by atomic mass is 10.6. The maximum Gasteiger partial charge on any atom is 0.525 e. The minimum Gasteiger partial charge on any atom is -0.475 e. The van der Waals surface area contributed by atoms with Crippen LogP contribution in [-0.2, 0) is 13.9 Å². The van der Waals surface area contributed by atoms with E-state index in [1.54, 1.807) is 0 Å². The van der Waals surface area contributed by atoms with Gasteiger partial charge in [0, 0.05) is 0 Å². The highest BCUT2D eigenvalue weighted by molar-refractivity contribution is 7.46. The van der Waals surface area contributed by atoms with Gasteiger partial charge in [-0.15, -0.1) is 0 Å². The molecular formula is C3H4ClO6P. The second-order valence-corrected chi connectivity index (χ2v) is 2.74. The Hall–Kier alpha value is -0.550. The molecule has 11 heavy (non-hydrogen) atoms. The Balaban J connectivity index is 4.37. The summed E-state index contributed by atoms with van der Waals surface area (Å²) in [5, 5.41) is 8.12. The predicted molar refractivity (Wildman–Crippen MR) is 34.7 cm³/mol. The highest BCUT2D eigenvalue weighted by Gasteiger charge is 2.21. The van der Waals surface area contributed by atoms with Gasteiger partial charge in [-0.05, 0) is 0 Å². The molecule has 0 heterocycles. The third kappa shape index (κ3) is 4.80. The van der Waals surface area contributed by atoms with Gasteiger partial charge in [-0.25, -0.2) is 9.36 Å². The van der Waals surface area contributed by atoms with Gasteiger partial charge in [-0.2, -0.15) is 0 Å². The number of carboxylic acid groups (broad SMARTS) is 1. The maximum atomic E-state index is 10.0. The Morgan fingerprint density at radius 3 is 2.09 bits per heavy atom. The van der Waals surface area contributed by atoms with Crippen LogP contribution in [0.4, 0.5) is 0 Å². The molecule has 0 aromatic heterocycles. The minimum atomic E-state index is -4.83. The van der Waals surface area contributed by atoms with E-state index >= 15 is 0 Å². The van der Waals surface area contributed by atoms with Crippen LogP contribution in [0.25, 0.3) is 0 Å². The summed E-state index contributed by atoms with van der Waals surface area (Å²) in [4.78, 5) is 26.2. The quantitative estimate of drug-likeness (QED) is 0.344. The van der Waals surface area contributed by atoms with Gasteiger partial charge in [0.05, 0.1) is 5.54 Å². The lowest BCUT2D eigenvalue weighted by Gasteiger charge is -2.04. The Morgan fingerprint density at radius 1 is 1.55 bits per heavy atom. The number of phosphoric acid groups is 1. The maximum absolute atomic E-state index is 10.0. The van der Waals surface area contributed by atoms with Crippen LogP contribution in [0.1, 0.15) is 0 Å². The highest BCUT2D eigenvalue weighted by atomic mass is 35.5. The first-order valence-electron chi connectivity index (χ1n) is 2.15. The van der Waals surface area contributed by atoms with Crippen LogP contribution in [0.3, 0.4) is 0 Å². The summed E-state index contributed by atoms with van der Waals surface area (Å²) in [6, 6.07) is 0. The van der Waals surface area contributed by atoms with Crippen molar-refractivity contribution in [3.63, 3.8) is 0 Å². The van der Waals surface area contributed by atoms with Gasteiger partial charge in [-0.3, -0.25) is 9.79 Å². The van der Waals surface area contributed by atoms with Crippen LogP contribution in [-0.4, -0.2) is 20.9 Å². The number of phosphoric ester groups is 1. The number of hydrogen-bond donors (Lipinski definition) is 3. The summed E-state index contributed by atoms with van der Waals surface area (Å²) in [7, 11) is -4.83. The van der Waals surface area contributed by atoms with Crippen molar-refractivity contribution < 1.29 is 28.8 Å². The van der Waals surface area contributed by atoms with Crippen LogP contribution in [0.15, 0.2) is 11.3 Å². The molecule has 0 radical (unpaired) electrons. The number of hydrogen-bond acceptors (Lipinski definition) is 3. The molecule has 0 fully saturated rings. The fourth-order valence-electron chi connectivity index (χ4n) is 0.234. The summed E-state index contributed by atoms with van der Waals surface area (Å²) >= 11 is 4.86. The number of carbonyl (C=O) groups is 1. The Labute approximate surface area is 66.3 Å². The zero-order chi connectivity index (χ0) is 9.07. The molecular weight excluding hydrogens is 198 g/mol. The van der Waals surface area contributed by atoms with Crippen LogP contribution in [0, 0.1) is 0 Å². The molecule has 6 nitrogen and oxygen atoms in total. The summed E-state index contributed by atoms with van der Waals surface area (Å²) in [5.41, 5.74) is 0.418. The molecule has 0 amide bonds. The largest absolute Gasteiger partial charge is 0.525 e. The Bertz CT molecular complexity index is 228. The van der Waals surface area contributed by atoms with Crippen LogP contribution < -0.4 is 0 Å². The SMILES string of the molecule is O=C(O)C(=CCl)OP(=O)(O)O. The zero-order valence-corrected chi connectivity index (χ0v) is 6.62. The van der Waals surface area contributed by atoms with Crippen molar-refractivity contribution in [3.05, 3.63) is 11.3 Å². The predicted octanol–water partition coefficient (Wildman–Crippen LogP) is 0.261. The van der Waals surface area contributed by atoms with Crippen LogP contribution in [0.5, 0.6) is 0 Å². The minimum absolute atomic E-state index is 0.418. The monoisotopic (exact) mass is 202 g/mol. The molecule has 0 aromatic rings. The molecule has 0 bridgehead atoms. The standard InChI is InChI=1S/C3H4ClO6P/c4-1-2(3(5)6)10-11(7,8)9/h1H,(H,5,6)(H2,7,8,9). The second-order valence-electron chi connectivity index (χ2n) is 1.36. The topological polar surface area (TPSA) is 104 Å². The van der Waals surface area contributed by atoms with E-state index in [4.69, 9.17) is 26.5 Å². The molecule has 0 unspecified atom stereocenters. The van der Waals surface area contributed by atoms with Crippen molar-refractivity contribution >= 4 is 25.4 Å². The summed E-state index contributed by atoms with van der Waals surface area (Å²) < 4.78 is 13.7. The average molecular weight is 202 g/mol. The average Bonchev–Trinajstić information content (AvgIpc) is 1.80. The fraction of sp³-hybridized carbons (Fsp3) is 0. The third-order valence-electron chi connectivity index (χ3n) is 0.527. The normalized spacial score (nSPS) is 12.8. The Kier molecular flexibility index (Phi) is 3.54. The molecule has 0 spiro atoms. The fourth-order valence-corrected chi connectivity index (χ4v) is 0.821. The van der Waals surface area contributed by atoms with Crippen molar-refractivity contribution in [1.29, 1.82) is 0 Å². The number of rotatable bonds is 3. The lowest BCUT2D eigenvalue weighted by Crippen LogP contribution is -2.02. The number of halogens is 1. The zero-order valence-electron chi connectivity index (χ0n) is 4.97. The molecule has 64 valence electrons.